The number of aryl methyl sites for hydroxylation is 2. The number of nitrogens with zero attached hydrogens (tertiary/aromatic N) is 6. The molecule has 29 heavy (non-hydrogen) atoms. The Hall–Kier alpha value is -1.20. The predicted octanol–water partition coefficient (Wildman–Crippen LogP) is 2.59. The lowest BCUT2D eigenvalue weighted by Gasteiger charge is -2.25. The summed E-state index contributed by atoms with van der Waals surface area (Å²) in [4.78, 5) is 0. The number of hydrogen-bond donors (Lipinski definition) is 2. The fourth-order valence-corrected chi connectivity index (χ4v) is 5.93. The highest BCUT2D eigenvalue weighted by molar-refractivity contribution is 8.00. The van der Waals surface area contributed by atoms with E-state index >= 15 is 0 Å². The number of aromatic nitrogens is 8. The Morgan fingerprint density at radius 2 is 1.34 bits per heavy atom. The summed E-state index contributed by atoms with van der Waals surface area (Å²) in [7, 11) is 0. The van der Waals surface area contributed by atoms with Gasteiger partial charge in [-0.2, -0.15) is 11.8 Å². The highest BCUT2D eigenvalue weighted by atomic mass is 32.2. The Labute approximate surface area is 180 Å². The first-order valence-electron chi connectivity index (χ1n) is 10.1. The van der Waals surface area contributed by atoms with Gasteiger partial charge in [-0.1, -0.05) is 38.9 Å². The van der Waals surface area contributed by atoms with Crippen molar-refractivity contribution in [1.29, 1.82) is 0 Å². The second-order valence-electron chi connectivity index (χ2n) is 8.98. The highest BCUT2D eigenvalue weighted by Crippen LogP contribution is 2.29. The van der Waals surface area contributed by atoms with Gasteiger partial charge in [0.05, 0.1) is 0 Å². The van der Waals surface area contributed by atoms with Gasteiger partial charge in [0.15, 0.2) is 0 Å². The van der Waals surface area contributed by atoms with Gasteiger partial charge >= 0.3 is 0 Å². The van der Waals surface area contributed by atoms with E-state index in [1.165, 1.54) is 0 Å². The van der Waals surface area contributed by atoms with E-state index in [4.69, 9.17) is 0 Å². The van der Waals surface area contributed by atoms with Crippen LogP contribution >= 0.6 is 11.8 Å². The Balaban J connectivity index is 1.51. The van der Waals surface area contributed by atoms with Crippen molar-refractivity contribution in [2.45, 2.75) is 66.2 Å². The monoisotopic (exact) mass is 442 g/mol. The summed E-state index contributed by atoms with van der Waals surface area (Å²) in [6, 6.07) is 0. The Morgan fingerprint density at radius 1 is 0.793 bits per heavy atom. The fourth-order valence-electron chi connectivity index (χ4n) is 2.83. The molecule has 0 aliphatic heterocycles. The molecular formula is C18H34N8OS2. The zero-order valence-corrected chi connectivity index (χ0v) is 19.6. The van der Waals surface area contributed by atoms with E-state index in [1.54, 1.807) is 0 Å². The summed E-state index contributed by atoms with van der Waals surface area (Å²) in [6.45, 7) is 9.01. The first-order chi connectivity index (χ1) is 13.8. The van der Waals surface area contributed by atoms with Crippen LogP contribution in [-0.2, 0) is 24.0 Å². The minimum absolute atomic E-state index is 0.138. The van der Waals surface area contributed by atoms with Gasteiger partial charge in [0, 0.05) is 18.6 Å². The molecule has 0 aliphatic carbocycles. The van der Waals surface area contributed by atoms with Crippen LogP contribution in [0.3, 0.4) is 0 Å². The number of H-pyrrole nitrogens is 2. The van der Waals surface area contributed by atoms with Crippen LogP contribution in [0.25, 0.3) is 0 Å². The average molecular weight is 443 g/mol. The fraction of sp³-hybridized carbons (Fsp3) is 0.889. The number of hydrogen-bond acceptors (Lipinski definition) is 8. The maximum absolute atomic E-state index is 12.4. The van der Waals surface area contributed by atoms with Gasteiger partial charge in [-0.25, -0.2) is 10.2 Å². The molecule has 9 nitrogen and oxygen atoms in total. The number of tetrazole rings is 2. The van der Waals surface area contributed by atoms with E-state index in [0.29, 0.717) is 0 Å². The summed E-state index contributed by atoms with van der Waals surface area (Å²) in [6.07, 6.45) is 5.82. The second kappa shape index (κ2) is 11.8. The van der Waals surface area contributed by atoms with Crippen molar-refractivity contribution in [3.8, 4) is 0 Å². The molecule has 0 aliphatic rings. The van der Waals surface area contributed by atoms with Gasteiger partial charge in [0.1, 0.15) is 23.2 Å². The molecule has 2 heterocycles. The molecule has 1 atom stereocenters. The van der Waals surface area contributed by atoms with Crippen LogP contribution < -0.4 is 0 Å². The Morgan fingerprint density at radius 3 is 1.86 bits per heavy atom. The quantitative estimate of drug-likeness (QED) is 0.318. The molecular weight excluding hydrogens is 408 g/mol. The van der Waals surface area contributed by atoms with Gasteiger partial charge in [-0.15, -0.1) is 10.2 Å². The van der Waals surface area contributed by atoms with Crippen LogP contribution in [0.1, 0.15) is 65.0 Å². The van der Waals surface area contributed by atoms with Gasteiger partial charge in [-0.05, 0) is 63.1 Å². The van der Waals surface area contributed by atoms with E-state index < -0.39 is 11.2 Å². The summed E-state index contributed by atoms with van der Waals surface area (Å²) in [5, 5.41) is 27.9. The van der Waals surface area contributed by atoms with Crippen LogP contribution in [-0.4, -0.2) is 68.8 Å². The number of rotatable bonds is 15. The van der Waals surface area contributed by atoms with E-state index in [1.807, 2.05) is 11.8 Å². The maximum atomic E-state index is 12.4. The molecule has 0 bridgehead atoms. The average Bonchev–Trinajstić information content (AvgIpc) is 3.37. The molecule has 2 rings (SSSR count). The van der Waals surface area contributed by atoms with Crippen LogP contribution in [0.5, 0.6) is 0 Å². The normalized spacial score (nSPS) is 13.7. The van der Waals surface area contributed by atoms with E-state index in [-0.39, 0.29) is 10.8 Å². The number of aromatic amines is 2. The highest BCUT2D eigenvalue weighted by Gasteiger charge is 2.22. The zero-order chi connectivity index (χ0) is 21.2. The number of thioether (sulfide) groups is 1. The SMILES string of the molecule is CC(C)(CCSCC[S+]([O-])CCC(C)(C)CCc1nnn[nH]1)CCc1nnn[nH]1. The summed E-state index contributed by atoms with van der Waals surface area (Å²) >= 11 is 1.16. The van der Waals surface area contributed by atoms with Crippen molar-refractivity contribution >= 4 is 22.9 Å². The molecule has 0 aromatic carbocycles. The molecule has 1 unspecified atom stereocenters. The molecule has 2 N–H and O–H groups in total. The van der Waals surface area contributed by atoms with E-state index in [2.05, 4.69) is 68.9 Å². The molecule has 0 radical (unpaired) electrons. The van der Waals surface area contributed by atoms with Crippen molar-refractivity contribution in [3.05, 3.63) is 11.6 Å². The predicted molar refractivity (Wildman–Crippen MR) is 117 cm³/mol. The van der Waals surface area contributed by atoms with Crippen LogP contribution in [0.15, 0.2) is 0 Å². The third-order valence-corrected chi connectivity index (χ3v) is 7.80. The van der Waals surface area contributed by atoms with Crippen molar-refractivity contribution in [1.82, 2.24) is 41.2 Å². The minimum atomic E-state index is -0.750. The molecule has 2 aromatic heterocycles. The third kappa shape index (κ3) is 10.4. The lowest BCUT2D eigenvalue weighted by molar-refractivity contribution is 0.320. The molecule has 164 valence electrons. The van der Waals surface area contributed by atoms with Gasteiger partial charge < -0.3 is 4.55 Å². The molecule has 0 saturated carbocycles. The van der Waals surface area contributed by atoms with E-state index in [0.717, 1.165) is 73.2 Å². The van der Waals surface area contributed by atoms with Gasteiger partial charge in [0.25, 0.3) is 0 Å². The maximum Gasteiger partial charge on any atom is 0.148 e. The van der Waals surface area contributed by atoms with E-state index in [9.17, 15) is 4.55 Å². The second-order valence-corrected chi connectivity index (χ2v) is 11.9. The summed E-state index contributed by atoms with van der Waals surface area (Å²) in [5.41, 5.74) is 0.390. The third-order valence-electron chi connectivity index (χ3n) is 5.24. The largest absolute Gasteiger partial charge is 0.616 e. The molecule has 0 saturated heterocycles. The molecule has 2 aromatic rings. The van der Waals surface area contributed by atoms with Crippen molar-refractivity contribution in [3.63, 3.8) is 0 Å². The Kier molecular flexibility index (Phi) is 9.84. The van der Waals surface area contributed by atoms with Crippen molar-refractivity contribution in [2.24, 2.45) is 10.8 Å². The van der Waals surface area contributed by atoms with Crippen molar-refractivity contribution in [2.75, 3.05) is 23.0 Å². The lowest BCUT2D eigenvalue weighted by Crippen LogP contribution is -2.21. The molecule has 0 amide bonds. The smallest absolute Gasteiger partial charge is 0.148 e. The van der Waals surface area contributed by atoms with Crippen LogP contribution in [0, 0.1) is 10.8 Å². The minimum Gasteiger partial charge on any atom is -0.616 e. The molecule has 11 heteroatoms. The summed E-state index contributed by atoms with van der Waals surface area (Å²) in [5.74, 6) is 5.25. The summed E-state index contributed by atoms with van der Waals surface area (Å²) < 4.78 is 12.4. The van der Waals surface area contributed by atoms with Gasteiger partial charge in [-0.3, -0.25) is 0 Å². The first kappa shape index (κ1) is 24.1. The lowest BCUT2D eigenvalue weighted by atomic mass is 9.85. The molecule has 0 fully saturated rings. The first-order valence-corrected chi connectivity index (χ1v) is 12.8. The van der Waals surface area contributed by atoms with Gasteiger partial charge in [0.2, 0.25) is 0 Å². The number of nitrogens with one attached hydrogen (secondary N) is 2. The van der Waals surface area contributed by atoms with Crippen LogP contribution in [0.2, 0.25) is 0 Å². The standard InChI is InChI=1S/C18H34N8OS2/c1-17(2,7-5-15-19-23-24-20-15)9-11-28-12-14-29(27)13-10-18(3,4)8-6-16-21-25-26-22-16/h5-14H2,1-4H3,(H,19,20,23,24)(H,21,22,25,26). The van der Waals surface area contributed by atoms with Crippen LogP contribution in [0.4, 0.5) is 0 Å². The zero-order valence-electron chi connectivity index (χ0n) is 18.0. The van der Waals surface area contributed by atoms with Crippen molar-refractivity contribution < 1.29 is 4.55 Å². The topological polar surface area (TPSA) is 132 Å². The Bertz CT molecular complexity index is 663. The molecule has 0 spiro atoms.